The first-order chi connectivity index (χ1) is 18.8. The summed E-state index contributed by atoms with van der Waals surface area (Å²) in [5.41, 5.74) is 5.56. The van der Waals surface area contributed by atoms with Gasteiger partial charge in [-0.3, -0.25) is 9.69 Å². The Morgan fingerprint density at radius 2 is 1.74 bits per heavy atom. The van der Waals surface area contributed by atoms with Crippen LogP contribution in [0.1, 0.15) is 29.4 Å². The van der Waals surface area contributed by atoms with Crippen LogP contribution in [0.3, 0.4) is 0 Å². The van der Waals surface area contributed by atoms with E-state index in [1.807, 2.05) is 75.4 Å². The maximum absolute atomic E-state index is 13.3. The second-order valence-electron chi connectivity index (χ2n) is 9.07. The van der Waals surface area contributed by atoms with Gasteiger partial charge in [-0.05, 0) is 105 Å². The Labute approximate surface area is 236 Å². The summed E-state index contributed by atoms with van der Waals surface area (Å²) in [7, 11) is 0. The number of rotatable bonds is 7. The van der Waals surface area contributed by atoms with Crippen LogP contribution in [-0.4, -0.2) is 27.1 Å². The summed E-state index contributed by atoms with van der Waals surface area (Å²) in [4.78, 5) is 20.0. The lowest BCUT2D eigenvalue weighted by molar-refractivity contribution is -0.122. The fourth-order valence-electron chi connectivity index (χ4n) is 4.44. The van der Waals surface area contributed by atoms with Crippen molar-refractivity contribution in [3.05, 3.63) is 117 Å². The van der Waals surface area contributed by atoms with E-state index in [2.05, 4.69) is 15.6 Å². The number of halogens is 2. The quantitative estimate of drug-likeness (QED) is 0.215. The van der Waals surface area contributed by atoms with Gasteiger partial charge in [-0.25, -0.2) is 9.38 Å². The maximum atomic E-state index is 13.3. The van der Waals surface area contributed by atoms with Gasteiger partial charge in [-0.2, -0.15) is 0 Å². The average molecular weight is 560 g/mol. The van der Waals surface area contributed by atoms with Crippen LogP contribution in [0.2, 0.25) is 5.02 Å². The molecule has 1 aliphatic rings. The number of nitrogens with zero attached hydrogens (tertiary/aromatic N) is 3. The largest absolute Gasteiger partial charge is 0.489 e. The van der Waals surface area contributed by atoms with Crippen LogP contribution in [0, 0.1) is 19.7 Å². The number of amidine groups is 1. The molecule has 39 heavy (non-hydrogen) atoms. The molecule has 4 aromatic rings. The summed E-state index contributed by atoms with van der Waals surface area (Å²) in [5, 5.41) is 1.27. The molecule has 198 valence electrons. The van der Waals surface area contributed by atoms with E-state index in [1.54, 1.807) is 17.0 Å². The number of likely N-dealkylation sites (N-methyl/N-ethyl adjacent to an activating group) is 1. The zero-order chi connectivity index (χ0) is 27.5. The highest BCUT2D eigenvalue weighted by molar-refractivity contribution is 8.18. The second kappa shape index (κ2) is 11.5. The van der Waals surface area contributed by atoms with Crippen LogP contribution >= 0.6 is 23.4 Å². The van der Waals surface area contributed by atoms with E-state index in [9.17, 15) is 9.18 Å². The molecule has 1 aromatic heterocycles. The highest BCUT2D eigenvalue weighted by atomic mass is 35.5. The van der Waals surface area contributed by atoms with Crippen LogP contribution in [0.4, 0.5) is 10.1 Å². The smallest absolute Gasteiger partial charge is 0.266 e. The third-order valence-electron chi connectivity index (χ3n) is 6.46. The van der Waals surface area contributed by atoms with Gasteiger partial charge in [0, 0.05) is 34.2 Å². The number of aryl methyl sites for hydroxylation is 1. The summed E-state index contributed by atoms with van der Waals surface area (Å²) >= 11 is 7.57. The predicted octanol–water partition coefficient (Wildman–Crippen LogP) is 8.09. The molecule has 0 bridgehead atoms. The number of thioether (sulfide) groups is 1. The molecule has 0 saturated carbocycles. The van der Waals surface area contributed by atoms with Gasteiger partial charge in [0.1, 0.15) is 18.2 Å². The summed E-state index contributed by atoms with van der Waals surface area (Å²) < 4.78 is 21.4. The summed E-state index contributed by atoms with van der Waals surface area (Å²) in [6.07, 6.45) is 1.92. The summed E-state index contributed by atoms with van der Waals surface area (Å²) in [6, 6.07) is 23.5. The number of hydrogen-bond donors (Lipinski definition) is 0. The third-order valence-corrected chi connectivity index (χ3v) is 7.84. The number of aromatic nitrogens is 1. The standard InChI is InChI=1S/C31H27ClFN3O2S/c1-4-35-30(37)29(39-31(35)34-25-11-9-24(33)10-12-25)18-23-17-20(2)36(21(23)3)26-13-15-27(16-14-26)38-19-22-7-5-6-8-28(22)32/h5-18H,4,19H2,1-3H3/b29-18+,34-31?. The van der Waals surface area contributed by atoms with Crippen molar-refractivity contribution < 1.29 is 13.9 Å². The molecule has 1 fully saturated rings. The van der Waals surface area contributed by atoms with E-state index in [-0.39, 0.29) is 11.7 Å². The van der Waals surface area contributed by atoms with Crippen molar-refractivity contribution >= 4 is 46.2 Å². The van der Waals surface area contributed by atoms with Gasteiger partial charge in [-0.1, -0.05) is 29.8 Å². The molecule has 0 N–H and O–H groups in total. The SMILES string of the molecule is CCN1C(=O)/C(=C\c2cc(C)n(-c3ccc(OCc4ccccc4Cl)cc3)c2C)SC1=Nc1ccc(F)cc1. The number of hydrogen-bond acceptors (Lipinski definition) is 4. The Hall–Kier alpha value is -3.81. The zero-order valence-electron chi connectivity index (χ0n) is 21.8. The number of carbonyl (C=O) groups is 1. The zero-order valence-corrected chi connectivity index (χ0v) is 23.4. The molecule has 0 spiro atoms. The van der Waals surface area contributed by atoms with Crippen molar-refractivity contribution in [2.24, 2.45) is 4.99 Å². The molecular formula is C31H27ClFN3O2S. The van der Waals surface area contributed by atoms with Crippen LogP contribution in [0.5, 0.6) is 5.75 Å². The Morgan fingerprint density at radius 3 is 2.44 bits per heavy atom. The van der Waals surface area contributed by atoms with Crippen LogP contribution in [0.25, 0.3) is 11.8 Å². The Balaban J connectivity index is 1.36. The molecule has 1 saturated heterocycles. The minimum atomic E-state index is -0.323. The molecule has 5 nitrogen and oxygen atoms in total. The van der Waals surface area contributed by atoms with E-state index in [1.165, 1.54) is 23.9 Å². The lowest BCUT2D eigenvalue weighted by atomic mass is 10.2. The molecule has 8 heteroatoms. The van der Waals surface area contributed by atoms with Crippen molar-refractivity contribution in [2.75, 3.05) is 6.54 Å². The van der Waals surface area contributed by atoms with Gasteiger partial charge in [0.2, 0.25) is 0 Å². The minimum Gasteiger partial charge on any atom is -0.489 e. The van der Waals surface area contributed by atoms with Crippen molar-refractivity contribution in [2.45, 2.75) is 27.4 Å². The van der Waals surface area contributed by atoms with Crippen molar-refractivity contribution in [3.8, 4) is 11.4 Å². The molecule has 0 unspecified atom stereocenters. The molecule has 3 aromatic carbocycles. The van der Waals surface area contributed by atoms with Crippen LogP contribution in [-0.2, 0) is 11.4 Å². The summed E-state index contributed by atoms with van der Waals surface area (Å²) in [5.74, 6) is 0.342. The molecular weight excluding hydrogens is 533 g/mol. The Bertz CT molecular complexity index is 1580. The van der Waals surface area contributed by atoms with Gasteiger partial charge >= 0.3 is 0 Å². The first-order valence-electron chi connectivity index (χ1n) is 12.6. The fraction of sp³-hybridized carbons (Fsp3) is 0.161. The predicted molar refractivity (Wildman–Crippen MR) is 157 cm³/mol. The van der Waals surface area contributed by atoms with Crippen LogP contribution < -0.4 is 4.74 Å². The molecule has 5 rings (SSSR count). The normalized spacial score (nSPS) is 15.5. The average Bonchev–Trinajstić information content (AvgIpc) is 3.38. The number of ether oxygens (including phenoxy) is 1. The first-order valence-corrected chi connectivity index (χ1v) is 13.7. The van der Waals surface area contributed by atoms with Gasteiger partial charge in [-0.15, -0.1) is 0 Å². The van der Waals surface area contributed by atoms with E-state index in [0.717, 1.165) is 34.0 Å². The molecule has 0 aliphatic carbocycles. The van der Waals surface area contributed by atoms with E-state index in [0.29, 0.717) is 33.9 Å². The third kappa shape index (κ3) is 5.79. The maximum Gasteiger partial charge on any atom is 0.266 e. The number of aliphatic imine (C=N–C) groups is 1. The van der Waals surface area contributed by atoms with Crippen molar-refractivity contribution in [1.82, 2.24) is 9.47 Å². The second-order valence-corrected chi connectivity index (χ2v) is 10.5. The van der Waals surface area contributed by atoms with Crippen LogP contribution in [0.15, 0.2) is 88.8 Å². The van der Waals surface area contributed by atoms with Crippen molar-refractivity contribution in [1.29, 1.82) is 0 Å². The number of benzene rings is 3. The fourth-order valence-corrected chi connectivity index (χ4v) is 5.68. The monoisotopic (exact) mass is 559 g/mol. The topological polar surface area (TPSA) is 46.8 Å². The number of carbonyl (C=O) groups excluding carboxylic acids is 1. The van der Waals surface area contributed by atoms with Crippen molar-refractivity contribution in [3.63, 3.8) is 0 Å². The van der Waals surface area contributed by atoms with E-state index >= 15 is 0 Å². The molecule has 0 radical (unpaired) electrons. The van der Waals surface area contributed by atoms with E-state index < -0.39 is 0 Å². The van der Waals surface area contributed by atoms with Gasteiger partial charge in [0.25, 0.3) is 5.91 Å². The lowest BCUT2D eigenvalue weighted by Crippen LogP contribution is -2.28. The van der Waals surface area contributed by atoms with Gasteiger partial charge in [0.15, 0.2) is 5.17 Å². The lowest BCUT2D eigenvalue weighted by Gasteiger charge is -2.12. The van der Waals surface area contributed by atoms with Gasteiger partial charge in [0.05, 0.1) is 10.6 Å². The molecule has 0 atom stereocenters. The van der Waals surface area contributed by atoms with Gasteiger partial charge < -0.3 is 9.30 Å². The number of amides is 1. The Kier molecular flexibility index (Phi) is 7.91. The molecule has 1 amide bonds. The molecule has 1 aliphatic heterocycles. The highest BCUT2D eigenvalue weighted by Crippen LogP contribution is 2.35. The summed E-state index contributed by atoms with van der Waals surface area (Å²) in [6.45, 7) is 6.88. The Morgan fingerprint density at radius 1 is 1.03 bits per heavy atom. The minimum absolute atomic E-state index is 0.0896. The first kappa shape index (κ1) is 26.8. The molecule has 2 heterocycles. The van der Waals surface area contributed by atoms with E-state index in [4.69, 9.17) is 16.3 Å². The highest BCUT2D eigenvalue weighted by Gasteiger charge is 2.32.